The van der Waals surface area contributed by atoms with E-state index < -0.39 is 4.92 Å². The summed E-state index contributed by atoms with van der Waals surface area (Å²) in [6, 6.07) is 0. The van der Waals surface area contributed by atoms with Gasteiger partial charge in [0, 0.05) is 13.1 Å². The van der Waals surface area contributed by atoms with Crippen molar-refractivity contribution < 1.29 is 9.72 Å². The van der Waals surface area contributed by atoms with Crippen LogP contribution in [0.2, 0.25) is 0 Å². The third kappa shape index (κ3) is 3.22. The largest absolute Gasteiger partial charge is 0.343 e. The lowest BCUT2D eigenvalue weighted by molar-refractivity contribution is -0.388. The molecule has 0 saturated carbocycles. The van der Waals surface area contributed by atoms with Gasteiger partial charge in [-0.2, -0.15) is 5.10 Å². The number of hydrogen-bond donors (Lipinski definition) is 1. The molecule has 0 atom stereocenters. The third-order valence-corrected chi connectivity index (χ3v) is 3.46. The molecular formula is C10H16N4O3S. The first-order valence-electron chi connectivity index (χ1n) is 5.61. The number of carbonyl (C=O) groups excluding carboxylic acids is 1. The lowest BCUT2D eigenvalue weighted by atomic mass is 10.4. The van der Waals surface area contributed by atoms with Crippen LogP contribution in [0, 0.1) is 17.0 Å². The number of nitro groups is 1. The van der Waals surface area contributed by atoms with Crippen molar-refractivity contribution in [1.29, 1.82) is 0 Å². The van der Waals surface area contributed by atoms with Crippen molar-refractivity contribution in [3.63, 3.8) is 0 Å². The van der Waals surface area contributed by atoms with E-state index in [1.807, 2.05) is 13.8 Å². The molecule has 0 spiro atoms. The zero-order chi connectivity index (χ0) is 13.7. The fourth-order valence-electron chi connectivity index (χ4n) is 1.51. The predicted molar refractivity (Wildman–Crippen MR) is 68.6 cm³/mol. The number of aryl methyl sites for hydroxylation is 1. The van der Waals surface area contributed by atoms with Gasteiger partial charge in [0.15, 0.2) is 5.03 Å². The van der Waals surface area contributed by atoms with Crippen LogP contribution in [0.25, 0.3) is 0 Å². The molecule has 100 valence electrons. The molecule has 1 amide bonds. The third-order valence-electron chi connectivity index (χ3n) is 2.51. The Kier molecular flexibility index (Phi) is 5.14. The van der Waals surface area contributed by atoms with Crippen molar-refractivity contribution in [2.24, 2.45) is 0 Å². The van der Waals surface area contributed by atoms with Gasteiger partial charge in [-0.15, -0.1) is 0 Å². The Balaban J connectivity index is 2.69. The maximum absolute atomic E-state index is 11.8. The molecule has 1 rings (SSSR count). The summed E-state index contributed by atoms with van der Waals surface area (Å²) in [4.78, 5) is 23.8. The number of amides is 1. The molecule has 0 radical (unpaired) electrons. The fraction of sp³-hybridized carbons (Fsp3) is 0.600. The predicted octanol–water partition coefficient (Wildman–Crippen LogP) is 1.59. The molecule has 0 aliphatic carbocycles. The van der Waals surface area contributed by atoms with E-state index in [2.05, 4.69) is 10.2 Å². The quantitative estimate of drug-likeness (QED) is 0.482. The van der Waals surface area contributed by atoms with Crippen LogP contribution in [0.5, 0.6) is 0 Å². The first-order chi connectivity index (χ1) is 8.51. The van der Waals surface area contributed by atoms with Crippen molar-refractivity contribution in [3.8, 4) is 0 Å². The molecule has 0 fully saturated rings. The number of aromatic amines is 1. The Morgan fingerprint density at radius 3 is 2.61 bits per heavy atom. The van der Waals surface area contributed by atoms with Crippen molar-refractivity contribution in [3.05, 3.63) is 15.8 Å². The average molecular weight is 272 g/mol. The minimum Gasteiger partial charge on any atom is -0.343 e. The molecule has 0 bridgehead atoms. The first-order valence-corrected chi connectivity index (χ1v) is 6.59. The fourth-order valence-corrected chi connectivity index (χ4v) is 2.43. The van der Waals surface area contributed by atoms with E-state index in [1.165, 1.54) is 0 Å². The normalized spacial score (nSPS) is 10.4. The average Bonchev–Trinajstić information content (AvgIpc) is 2.69. The Bertz CT molecular complexity index is 442. The highest BCUT2D eigenvalue weighted by Gasteiger charge is 2.23. The van der Waals surface area contributed by atoms with Crippen LogP contribution in [0.3, 0.4) is 0 Å². The molecule has 1 aromatic heterocycles. The molecule has 0 aliphatic rings. The van der Waals surface area contributed by atoms with Crippen LogP contribution < -0.4 is 0 Å². The van der Waals surface area contributed by atoms with Crippen LogP contribution in [-0.4, -0.2) is 44.8 Å². The summed E-state index contributed by atoms with van der Waals surface area (Å²) in [6.07, 6.45) is 0. The molecule has 1 N–H and O–H groups in total. The van der Waals surface area contributed by atoms with E-state index in [1.54, 1.807) is 11.8 Å². The molecular weight excluding hydrogens is 256 g/mol. The summed E-state index contributed by atoms with van der Waals surface area (Å²) in [6.45, 7) is 6.65. The maximum atomic E-state index is 11.8. The molecule has 0 aromatic carbocycles. The molecule has 1 heterocycles. The lowest BCUT2D eigenvalue weighted by Crippen LogP contribution is -2.31. The monoisotopic (exact) mass is 272 g/mol. The summed E-state index contributed by atoms with van der Waals surface area (Å²) in [7, 11) is 0. The van der Waals surface area contributed by atoms with E-state index in [-0.39, 0.29) is 22.4 Å². The number of rotatable bonds is 6. The van der Waals surface area contributed by atoms with Crippen LogP contribution in [0.1, 0.15) is 19.5 Å². The minimum absolute atomic E-state index is 0.0417. The topological polar surface area (TPSA) is 92.1 Å². The zero-order valence-corrected chi connectivity index (χ0v) is 11.4. The lowest BCUT2D eigenvalue weighted by Gasteiger charge is -2.17. The number of nitrogens with one attached hydrogen (secondary N) is 1. The zero-order valence-electron chi connectivity index (χ0n) is 10.6. The number of carbonyl (C=O) groups is 1. The van der Waals surface area contributed by atoms with E-state index in [4.69, 9.17) is 0 Å². The highest BCUT2D eigenvalue weighted by Crippen LogP contribution is 2.29. The summed E-state index contributed by atoms with van der Waals surface area (Å²) < 4.78 is 0. The van der Waals surface area contributed by atoms with E-state index in [0.717, 1.165) is 11.8 Å². The second-order valence-electron chi connectivity index (χ2n) is 3.61. The van der Waals surface area contributed by atoms with Gasteiger partial charge in [-0.1, -0.05) is 11.8 Å². The molecule has 8 heteroatoms. The Morgan fingerprint density at radius 1 is 1.50 bits per heavy atom. The van der Waals surface area contributed by atoms with E-state index >= 15 is 0 Å². The Morgan fingerprint density at radius 2 is 2.11 bits per heavy atom. The van der Waals surface area contributed by atoms with Crippen molar-refractivity contribution in [2.45, 2.75) is 25.8 Å². The smallest absolute Gasteiger partial charge is 0.323 e. The summed E-state index contributed by atoms with van der Waals surface area (Å²) in [5, 5.41) is 17.5. The molecule has 18 heavy (non-hydrogen) atoms. The SMILES string of the molecule is CCN(CC)C(=O)CSc1n[nH]c(C)c1[N+](=O)[O-]. The van der Waals surface area contributed by atoms with Crippen LogP contribution in [0.4, 0.5) is 5.69 Å². The number of H-pyrrole nitrogens is 1. The number of thioether (sulfide) groups is 1. The van der Waals surface area contributed by atoms with Gasteiger partial charge in [-0.05, 0) is 20.8 Å². The first kappa shape index (κ1) is 14.5. The maximum Gasteiger partial charge on any atom is 0.323 e. The van der Waals surface area contributed by atoms with Crippen LogP contribution >= 0.6 is 11.8 Å². The van der Waals surface area contributed by atoms with Crippen molar-refractivity contribution >= 4 is 23.4 Å². The number of aromatic nitrogens is 2. The highest BCUT2D eigenvalue weighted by atomic mass is 32.2. The molecule has 0 saturated heterocycles. The number of hydrogen-bond acceptors (Lipinski definition) is 5. The minimum atomic E-state index is -0.483. The van der Waals surface area contributed by atoms with Crippen LogP contribution in [0.15, 0.2) is 5.03 Å². The molecule has 0 aliphatic heterocycles. The van der Waals surface area contributed by atoms with Gasteiger partial charge < -0.3 is 4.90 Å². The van der Waals surface area contributed by atoms with Gasteiger partial charge >= 0.3 is 5.69 Å². The summed E-state index contributed by atoms with van der Waals surface area (Å²) in [5.74, 6) is 0.118. The van der Waals surface area contributed by atoms with Crippen LogP contribution in [-0.2, 0) is 4.79 Å². The van der Waals surface area contributed by atoms with Crippen molar-refractivity contribution in [2.75, 3.05) is 18.8 Å². The summed E-state index contributed by atoms with van der Waals surface area (Å²) >= 11 is 1.09. The van der Waals surface area contributed by atoms with Gasteiger partial charge in [-0.3, -0.25) is 20.0 Å². The van der Waals surface area contributed by atoms with E-state index in [0.29, 0.717) is 18.8 Å². The van der Waals surface area contributed by atoms with Gasteiger partial charge in [0.2, 0.25) is 5.91 Å². The number of nitrogens with zero attached hydrogens (tertiary/aromatic N) is 3. The van der Waals surface area contributed by atoms with Gasteiger partial charge in [0.1, 0.15) is 5.69 Å². The molecule has 1 aromatic rings. The molecule has 7 nitrogen and oxygen atoms in total. The van der Waals surface area contributed by atoms with Gasteiger partial charge in [-0.25, -0.2) is 0 Å². The van der Waals surface area contributed by atoms with Gasteiger partial charge in [0.05, 0.1) is 10.7 Å². The second-order valence-corrected chi connectivity index (χ2v) is 4.58. The van der Waals surface area contributed by atoms with E-state index in [9.17, 15) is 14.9 Å². The highest BCUT2D eigenvalue weighted by molar-refractivity contribution is 8.00. The standard InChI is InChI=1S/C10H16N4O3S/c1-4-13(5-2)8(15)6-18-10-9(14(16)17)7(3)11-12-10/h4-6H2,1-3H3,(H,11,12). The van der Waals surface area contributed by atoms with Gasteiger partial charge in [0.25, 0.3) is 0 Å². The summed E-state index contributed by atoms with van der Waals surface area (Å²) in [5.41, 5.74) is 0.352. The Hall–Kier alpha value is -1.57. The second kappa shape index (κ2) is 6.39. The Labute approximate surface area is 109 Å². The molecule has 0 unspecified atom stereocenters. The van der Waals surface area contributed by atoms with Crippen molar-refractivity contribution in [1.82, 2.24) is 15.1 Å².